The first kappa shape index (κ1) is 11.0. The number of rotatable bonds is 2. The van der Waals surface area contributed by atoms with Gasteiger partial charge in [-0.25, -0.2) is 0 Å². The summed E-state index contributed by atoms with van der Waals surface area (Å²) in [4.78, 5) is 13.0. The first-order valence-electron chi connectivity index (χ1n) is 4.87. The predicted molar refractivity (Wildman–Crippen MR) is 51.2 cm³/mol. The van der Waals surface area contributed by atoms with Crippen LogP contribution in [0.2, 0.25) is 0 Å². The fraction of sp³-hybridized carbons (Fsp3) is 0.800. The van der Waals surface area contributed by atoms with Crippen molar-refractivity contribution < 1.29 is 9.90 Å². The second-order valence-corrected chi connectivity index (χ2v) is 4.18. The minimum Gasteiger partial charge on any atom is -0.396 e. The summed E-state index contributed by atoms with van der Waals surface area (Å²) in [6.07, 6.45) is 1.61. The Morgan fingerprint density at radius 1 is 1.57 bits per heavy atom. The number of likely N-dealkylation sites (tertiary alicyclic amines) is 1. The first-order valence-corrected chi connectivity index (χ1v) is 4.87. The molecule has 1 saturated heterocycles. The molecule has 0 bridgehead atoms. The smallest absolute Gasteiger partial charge is 0.236 e. The molecule has 1 fully saturated rings. The molecule has 0 spiro atoms. The van der Waals surface area contributed by atoms with Crippen molar-refractivity contribution in [2.45, 2.75) is 26.2 Å². The number of aliphatic hydroxyl groups excluding tert-OH is 1. The van der Waals surface area contributed by atoms with E-state index in [1.165, 1.54) is 0 Å². The van der Waals surface area contributed by atoms with Crippen molar-refractivity contribution in [3.05, 3.63) is 0 Å². The van der Waals surface area contributed by atoms with Crippen LogP contribution in [0.25, 0.3) is 0 Å². The van der Waals surface area contributed by atoms with E-state index in [9.17, 15) is 4.79 Å². The molecule has 0 unspecified atom stereocenters. The van der Waals surface area contributed by atoms with Gasteiger partial charge in [-0.3, -0.25) is 4.79 Å². The fourth-order valence-corrected chi connectivity index (χ4v) is 1.63. The zero-order valence-corrected chi connectivity index (χ0v) is 8.49. The lowest BCUT2D eigenvalue weighted by atomic mass is 9.81. The number of nitriles is 1. The highest BCUT2D eigenvalue weighted by Crippen LogP contribution is 2.30. The summed E-state index contributed by atoms with van der Waals surface area (Å²) in [5.74, 6) is -0.0903. The Hall–Kier alpha value is -1.08. The molecule has 1 amide bonds. The van der Waals surface area contributed by atoms with Crippen molar-refractivity contribution >= 4 is 5.91 Å². The second-order valence-electron chi connectivity index (χ2n) is 4.18. The molecule has 0 atom stereocenters. The number of nitrogens with zero attached hydrogens (tertiary/aromatic N) is 2. The first-order chi connectivity index (χ1) is 6.61. The summed E-state index contributed by atoms with van der Waals surface area (Å²) in [6, 6.07) is 1.86. The quantitative estimate of drug-likeness (QED) is 0.700. The molecule has 0 aromatic rings. The Kier molecular flexibility index (Phi) is 3.48. The molecule has 0 aromatic heterocycles. The maximum atomic E-state index is 11.3. The van der Waals surface area contributed by atoms with E-state index in [4.69, 9.17) is 10.4 Å². The molecule has 4 heteroatoms. The summed E-state index contributed by atoms with van der Waals surface area (Å²) in [6.45, 7) is 3.53. The summed E-state index contributed by atoms with van der Waals surface area (Å²) >= 11 is 0. The standard InChI is InChI=1S/C10H16N2O2/c1-10(8-13)3-6-12(7-4-10)9(14)2-5-11/h13H,2-4,6-8H2,1H3. The highest BCUT2D eigenvalue weighted by Gasteiger charge is 2.30. The zero-order valence-electron chi connectivity index (χ0n) is 8.49. The van der Waals surface area contributed by atoms with E-state index in [1.54, 1.807) is 4.90 Å². The van der Waals surface area contributed by atoms with E-state index < -0.39 is 0 Å². The summed E-state index contributed by atoms with van der Waals surface area (Å²) in [5.41, 5.74) is -0.0383. The third-order valence-corrected chi connectivity index (χ3v) is 2.94. The van der Waals surface area contributed by atoms with Crippen molar-refractivity contribution in [2.75, 3.05) is 19.7 Å². The average molecular weight is 196 g/mol. The van der Waals surface area contributed by atoms with Gasteiger partial charge in [0.2, 0.25) is 5.91 Å². The zero-order chi connectivity index (χ0) is 10.6. The van der Waals surface area contributed by atoms with Gasteiger partial charge in [0.1, 0.15) is 6.42 Å². The Balaban J connectivity index is 2.44. The molecule has 1 aliphatic heterocycles. The van der Waals surface area contributed by atoms with Crippen molar-refractivity contribution in [1.29, 1.82) is 5.26 Å². The van der Waals surface area contributed by atoms with E-state index in [1.807, 2.05) is 13.0 Å². The van der Waals surface area contributed by atoms with Crippen LogP contribution in [0, 0.1) is 16.7 Å². The lowest BCUT2D eigenvalue weighted by Crippen LogP contribution is -2.43. The van der Waals surface area contributed by atoms with Crippen LogP contribution in [0.15, 0.2) is 0 Å². The normalized spacial score (nSPS) is 20.2. The highest BCUT2D eigenvalue weighted by molar-refractivity contribution is 5.78. The number of aliphatic hydroxyl groups is 1. The van der Waals surface area contributed by atoms with Crippen LogP contribution in [0.4, 0.5) is 0 Å². The number of piperidine rings is 1. The Morgan fingerprint density at radius 2 is 2.14 bits per heavy atom. The summed E-state index contributed by atoms with van der Waals surface area (Å²) < 4.78 is 0. The topological polar surface area (TPSA) is 64.3 Å². The van der Waals surface area contributed by atoms with Gasteiger partial charge in [0, 0.05) is 19.7 Å². The van der Waals surface area contributed by atoms with Crippen LogP contribution >= 0.6 is 0 Å². The van der Waals surface area contributed by atoms with Crippen LogP contribution in [-0.2, 0) is 4.79 Å². The molecule has 14 heavy (non-hydrogen) atoms. The Bertz CT molecular complexity index is 249. The van der Waals surface area contributed by atoms with Crippen molar-refractivity contribution in [1.82, 2.24) is 4.90 Å². The number of carbonyl (C=O) groups excluding carboxylic acids is 1. The largest absolute Gasteiger partial charge is 0.396 e. The van der Waals surface area contributed by atoms with Gasteiger partial charge < -0.3 is 10.0 Å². The Morgan fingerprint density at radius 3 is 2.57 bits per heavy atom. The van der Waals surface area contributed by atoms with E-state index in [2.05, 4.69) is 0 Å². The number of amides is 1. The Labute approximate surface area is 84.1 Å². The maximum absolute atomic E-state index is 11.3. The van der Waals surface area contributed by atoms with Crippen LogP contribution in [0.5, 0.6) is 0 Å². The molecule has 1 rings (SSSR count). The molecule has 78 valence electrons. The predicted octanol–water partition coefficient (Wildman–Crippen LogP) is 0.521. The molecule has 0 aromatic carbocycles. The van der Waals surface area contributed by atoms with Crippen LogP contribution in [0.1, 0.15) is 26.2 Å². The van der Waals surface area contributed by atoms with Gasteiger partial charge in [0.25, 0.3) is 0 Å². The molecule has 0 radical (unpaired) electrons. The number of carbonyl (C=O) groups is 1. The lowest BCUT2D eigenvalue weighted by molar-refractivity contribution is -0.132. The second kappa shape index (κ2) is 4.43. The van der Waals surface area contributed by atoms with E-state index in [-0.39, 0.29) is 24.3 Å². The molecular weight excluding hydrogens is 180 g/mol. The third-order valence-electron chi connectivity index (χ3n) is 2.94. The average Bonchev–Trinajstić information content (AvgIpc) is 2.19. The van der Waals surface area contributed by atoms with Gasteiger partial charge >= 0.3 is 0 Å². The summed E-state index contributed by atoms with van der Waals surface area (Å²) in [7, 11) is 0. The minimum absolute atomic E-state index is 0.0319. The number of hydrogen-bond acceptors (Lipinski definition) is 3. The summed E-state index contributed by atoms with van der Waals surface area (Å²) in [5, 5.41) is 17.5. The van der Waals surface area contributed by atoms with E-state index in [0.717, 1.165) is 12.8 Å². The lowest BCUT2D eigenvalue weighted by Gasteiger charge is -2.37. The van der Waals surface area contributed by atoms with Gasteiger partial charge in [0.05, 0.1) is 6.07 Å². The molecule has 0 aliphatic carbocycles. The molecule has 1 N–H and O–H groups in total. The monoisotopic (exact) mass is 196 g/mol. The van der Waals surface area contributed by atoms with Crippen molar-refractivity contribution in [2.24, 2.45) is 5.41 Å². The van der Waals surface area contributed by atoms with Gasteiger partial charge in [-0.1, -0.05) is 6.92 Å². The van der Waals surface area contributed by atoms with Gasteiger partial charge in [-0.15, -0.1) is 0 Å². The third kappa shape index (κ3) is 2.46. The van der Waals surface area contributed by atoms with Crippen molar-refractivity contribution in [3.63, 3.8) is 0 Å². The van der Waals surface area contributed by atoms with E-state index >= 15 is 0 Å². The molecule has 0 saturated carbocycles. The molecule has 4 nitrogen and oxygen atoms in total. The van der Waals surface area contributed by atoms with Gasteiger partial charge in [0.15, 0.2) is 0 Å². The van der Waals surface area contributed by atoms with Crippen LogP contribution in [0.3, 0.4) is 0 Å². The minimum atomic E-state index is -0.0903. The van der Waals surface area contributed by atoms with Crippen molar-refractivity contribution in [3.8, 4) is 6.07 Å². The highest BCUT2D eigenvalue weighted by atomic mass is 16.3. The molecule has 1 aliphatic rings. The fourth-order valence-electron chi connectivity index (χ4n) is 1.63. The van der Waals surface area contributed by atoms with Crippen LogP contribution < -0.4 is 0 Å². The maximum Gasteiger partial charge on any atom is 0.236 e. The van der Waals surface area contributed by atoms with Gasteiger partial charge in [-0.05, 0) is 18.3 Å². The molecular formula is C10H16N2O2. The molecule has 1 heterocycles. The SMILES string of the molecule is CC1(CO)CCN(C(=O)CC#N)CC1. The van der Waals surface area contributed by atoms with Crippen LogP contribution in [-0.4, -0.2) is 35.6 Å². The van der Waals surface area contributed by atoms with Gasteiger partial charge in [-0.2, -0.15) is 5.26 Å². The number of hydrogen-bond donors (Lipinski definition) is 1. The van der Waals surface area contributed by atoms with E-state index in [0.29, 0.717) is 13.1 Å².